The normalized spacial score (nSPS) is 27.3. The summed E-state index contributed by atoms with van der Waals surface area (Å²) in [5.41, 5.74) is 2.25. The molecule has 1 saturated carbocycles. The van der Waals surface area contributed by atoms with Gasteiger partial charge < -0.3 is 0 Å². The molecule has 1 heteroatoms. The highest BCUT2D eigenvalue weighted by atomic mass is 16.1. The molecule has 72 valence electrons. The smallest absolute Gasteiger partial charge is 0.159 e. The molecule has 0 aliphatic heterocycles. The molecule has 0 aromatic heterocycles. The molecule has 1 fully saturated rings. The van der Waals surface area contributed by atoms with Crippen LogP contribution in [0.4, 0.5) is 0 Å². The second kappa shape index (κ2) is 4.40. The molecular weight excluding hydrogens is 160 g/mol. The minimum atomic E-state index is 0.344. The van der Waals surface area contributed by atoms with Gasteiger partial charge in [-0.15, -0.1) is 0 Å². The van der Waals surface area contributed by atoms with Gasteiger partial charge in [-0.3, -0.25) is 4.79 Å². The lowest BCUT2D eigenvalue weighted by Gasteiger charge is -2.02. The monoisotopic (exact) mass is 178 g/mol. The van der Waals surface area contributed by atoms with Gasteiger partial charge in [-0.25, -0.2) is 0 Å². The van der Waals surface area contributed by atoms with Crippen LogP contribution in [-0.2, 0) is 4.79 Å². The molecule has 1 nitrogen and oxygen atoms in total. The van der Waals surface area contributed by atoms with Gasteiger partial charge in [0.15, 0.2) is 5.78 Å². The van der Waals surface area contributed by atoms with Gasteiger partial charge in [0.1, 0.15) is 0 Å². The minimum Gasteiger partial charge on any atom is -0.295 e. The van der Waals surface area contributed by atoms with Crippen LogP contribution in [0.2, 0.25) is 0 Å². The van der Waals surface area contributed by atoms with Crippen LogP contribution in [0, 0.1) is 5.92 Å². The molecule has 0 bridgehead atoms. The van der Waals surface area contributed by atoms with Gasteiger partial charge in [0.05, 0.1) is 0 Å². The SMILES string of the molecule is CC/C=C(C)/C=C1\C(=O)CCC1C. The third-order valence-electron chi connectivity index (χ3n) is 2.57. The fourth-order valence-corrected chi connectivity index (χ4v) is 1.77. The quantitative estimate of drug-likeness (QED) is 0.593. The van der Waals surface area contributed by atoms with Crippen molar-refractivity contribution in [2.24, 2.45) is 5.92 Å². The van der Waals surface area contributed by atoms with Crippen LogP contribution in [0.25, 0.3) is 0 Å². The fraction of sp³-hybridized carbons (Fsp3) is 0.583. The van der Waals surface area contributed by atoms with E-state index in [4.69, 9.17) is 0 Å². The first kappa shape index (κ1) is 10.2. The Bertz CT molecular complexity index is 258. The lowest BCUT2D eigenvalue weighted by molar-refractivity contribution is -0.114. The van der Waals surface area contributed by atoms with Crippen molar-refractivity contribution in [3.63, 3.8) is 0 Å². The molecule has 13 heavy (non-hydrogen) atoms. The van der Waals surface area contributed by atoms with E-state index in [-0.39, 0.29) is 0 Å². The maximum atomic E-state index is 11.4. The van der Waals surface area contributed by atoms with Crippen molar-refractivity contribution in [3.05, 3.63) is 23.3 Å². The van der Waals surface area contributed by atoms with E-state index in [0.29, 0.717) is 11.7 Å². The molecule has 0 heterocycles. The number of allylic oxidation sites excluding steroid dienone is 4. The summed E-state index contributed by atoms with van der Waals surface area (Å²) in [6, 6.07) is 0. The van der Waals surface area contributed by atoms with Gasteiger partial charge in [-0.05, 0) is 31.3 Å². The molecule has 0 spiro atoms. The summed E-state index contributed by atoms with van der Waals surface area (Å²) < 4.78 is 0. The van der Waals surface area contributed by atoms with Gasteiger partial charge >= 0.3 is 0 Å². The van der Waals surface area contributed by atoms with E-state index in [1.807, 2.05) is 0 Å². The second-order valence-corrected chi connectivity index (χ2v) is 3.82. The lowest BCUT2D eigenvalue weighted by atomic mass is 10.0. The first-order valence-corrected chi connectivity index (χ1v) is 5.06. The molecule has 1 aliphatic rings. The van der Waals surface area contributed by atoms with E-state index < -0.39 is 0 Å². The van der Waals surface area contributed by atoms with Gasteiger partial charge in [0, 0.05) is 6.42 Å². The Morgan fingerprint density at radius 3 is 2.77 bits per heavy atom. The highest BCUT2D eigenvalue weighted by molar-refractivity contribution is 5.98. The summed E-state index contributed by atoms with van der Waals surface area (Å²) in [5.74, 6) is 0.809. The molecule has 0 aromatic carbocycles. The zero-order valence-corrected chi connectivity index (χ0v) is 8.76. The van der Waals surface area contributed by atoms with E-state index >= 15 is 0 Å². The van der Waals surface area contributed by atoms with E-state index in [0.717, 1.165) is 24.8 Å². The van der Waals surface area contributed by atoms with Crippen molar-refractivity contribution < 1.29 is 4.79 Å². The molecule has 0 amide bonds. The van der Waals surface area contributed by atoms with Crippen molar-refractivity contribution in [3.8, 4) is 0 Å². The third-order valence-corrected chi connectivity index (χ3v) is 2.57. The highest BCUT2D eigenvalue weighted by Gasteiger charge is 2.24. The predicted octanol–water partition coefficient (Wildman–Crippen LogP) is 3.27. The molecular formula is C12H18O. The third kappa shape index (κ3) is 2.55. The van der Waals surface area contributed by atoms with Crippen LogP contribution >= 0.6 is 0 Å². The maximum Gasteiger partial charge on any atom is 0.159 e. The van der Waals surface area contributed by atoms with Crippen LogP contribution in [0.1, 0.15) is 40.0 Å². The van der Waals surface area contributed by atoms with Crippen molar-refractivity contribution in [1.82, 2.24) is 0 Å². The molecule has 0 aromatic rings. The Labute approximate surface area is 80.5 Å². The summed E-state index contributed by atoms with van der Waals surface area (Å²) >= 11 is 0. The fourth-order valence-electron chi connectivity index (χ4n) is 1.77. The molecule has 0 saturated heterocycles. The molecule has 0 radical (unpaired) electrons. The average Bonchev–Trinajstić information content (AvgIpc) is 2.36. The number of ketones is 1. The van der Waals surface area contributed by atoms with Crippen molar-refractivity contribution in [2.75, 3.05) is 0 Å². The molecule has 1 aliphatic carbocycles. The summed E-state index contributed by atoms with van der Waals surface area (Å²) in [7, 11) is 0. The summed E-state index contributed by atoms with van der Waals surface area (Å²) in [6.07, 6.45) is 7.03. The van der Waals surface area contributed by atoms with E-state index in [1.54, 1.807) is 0 Å². The number of carbonyl (C=O) groups excluding carboxylic acids is 1. The molecule has 1 unspecified atom stereocenters. The van der Waals surface area contributed by atoms with Crippen LogP contribution in [-0.4, -0.2) is 5.78 Å². The Morgan fingerprint density at radius 2 is 2.31 bits per heavy atom. The number of Topliss-reactive ketones (excluding diaryl/α,β-unsaturated/α-hetero) is 1. The number of carbonyl (C=O) groups is 1. The largest absolute Gasteiger partial charge is 0.295 e. The first-order valence-electron chi connectivity index (χ1n) is 5.06. The van der Waals surface area contributed by atoms with Gasteiger partial charge in [-0.1, -0.05) is 31.6 Å². The standard InChI is InChI=1S/C12H18O/c1-4-5-9(2)8-11-10(3)6-7-12(11)13/h5,8,10H,4,6-7H2,1-3H3/b9-5+,11-8-. The Morgan fingerprint density at radius 1 is 1.62 bits per heavy atom. The maximum absolute atomic E-state index is 11.4. The molecule has 0 N–H and O–H groups in total. The van der Waals surface area contributed by atoms with Crippen LogP contribution in [0.15, 0.2) is 23.3 Å². The highest BCUT2D eigenvalue weighted by Crippen LogP contribution is 2.28. The van der Waals surface area contributed by atoms with Crippen molar-refractivity contribution in [2.45, 2.75) is 40.0 Å². The van der Waals surface area contributed by atoms with Crippen LogP contribution < -0.4 is 0 Å². The van der Waals surface area contributed by atoms with E-state index in [1.165, 1.54) is 5.57 Å². The van der Waals surface area contributed by atoms with E-state index in [2.05, 4.69) is 32.9 Å². The topological polar surface area (TPSA) is 17.1 Å². The molecule has 1 rings (SSSR count). The Balaban J connectivity index is 2.80. The summed E-state index contributed by atoms with van der Waals surface area (Å²) in [5, 5.41) is 0. The average molecular weight is 178 g/mol. The first-order chi connectivity index (χ1) is 6.15. The Hall–Kier alpha value is -0.850. The zero-order chi connectivity index (χ0) is 9.84. The van der Waals surface area contributed by atoms with E-state index in [9.17, 15) is 4.79 Å². The van der Waals surface area contributed by atoms with Gasteiger partial charge in [0.25, 0.3) is 0 Å². The van der Waals surface area contributed by atoms with Crippen molar-refractivity contribution >= 4 is 5.78 Å². The second-order valence-electron chi connectivity index (χ2n) is 3.82. The van der Waals surface area contributed by atoms with Crippen LogP contribution in [0.3, 0.4) is 0 Å². The Kier molecular flexibility index (Phi) is 3.47. The van der Waals surface area contributed by atoms with Gasteiger partial charge in [0.2, 0.25) is 0 Å². The number of hydrogen-bond donors (Lipinski definition) is 0. The molecule has 1 atom stereocenters. The minimum absolute atomic E-state index is 0.344. The predicted molar refractivity (Wildman–Crippen MR) is 55.5 cm³/mol. The van der Waals surface area contributed by atoms with Gasteiger partial charge in [-0.2, -0.15) is 0 Å². The number of rotatable bonds is 2. The van der Waals surface area contributed by atoms with Crippen molar-refractivity contribution in [1.29, 1.82) is 0 Å². The summed E-state index contributed by atoms with van der Waals surface area (Å²) in [4.78, 5) is 11.4. The lowest BCUT2D eigenvalue weighted by Crippen LogP contribution is -1.97. The number of hydrogen-bond acceptors (Lipinski definition) is 1. The van der Waals surface area contributed by atoms with Crippen LogP contribution in [0.5, 0.6) is 0 Å². The summed E-state index contributed by atoms with van der Waals surface area (Å²) in [6.45, 7) is 6.31. The zero-order valence-electron chi connectivity index (χ0n) is 8.76.